The highest BCUT2D eigenvalue weighted by molar-refractivity contribution is 5.71. The SMILES string of the molecule is Cc1nc(C)nc(N)n1.N=C(N)N. The number of anilines is 1. The summed E-state index contributed by atoms with van der Waals surface area (Å²) < 4.78 is 0. The fourth-order valence-corrected chi connectivity index (χ4v) is 0.641. The molecule has 0 saturated carbocycles. The normalized spacial score (nSPS) is 8.46. The molecule has 0 bridgehead atoms. The summed E-state index contributed by atoms with van der Waals surface area (Å²) in [6, 6.07) is 0. The minimum absolute atomic E-state index is 0.292. The molecule has 7 heteroatoms. The second-order valence-electron chi connectivity index (χ2n) is 2.24. The fraction of sp³-hybridized carbons (Fsp3) is 0.333. The third-order valence-electron chi connectivity index (χ3n) is 0.876. The average molecular weight is 183 g/mol. The lowest BCUT2D eigenvalue weighted by atomic mass is 10.6. The number of rotatable bonds is 0. The molecule has 0 aromatic carbocycles. The van der Waals surface area contributed by atoms with Crippen molar-refractivity contribution in [3.8, 4) is 0 Å². The summed E-state index contributed by atoms with van der Waals surface area (Å²) in [5, 5.41) is 6.06. The molecule has 0 aliphatic rings. The first-order chi connectivity index (χ1) is 5.91. The van der Waals surface area contributed by atoms with Gasteiger partial charge in [-0.25, -0.2) is 4.98 Å². The van der Waals surface area contributed by atoms with Crippen LogP contribution in [0.1, 0.15) is 11.6 Å². The number of hydrogen-bond donors (Lipinski definition) is 4. The molecule has 1 heterocycles. The molecular weight excluding hydrogens is 170 g/mol. The summed E-state index contributed by atoms with van der Waals surface area (Å²) in [5.41, 5.74) is 14.2. The number of hydrogen-bond acceptors (Lipinski definition) is 5. The topological polar surface area (TPSA) is 141 Å². The Morgan fingerprint density at radius 2 is 1.38 bits per heavy atom. The minimum atomic E-state index is -0.333. The molecule has 0 atom stereocenters. The lowest BCUT2D eigenvalue weighted by Gasteiger charge is -1.93. The quantitative estimate of drug-likeness (QED) is 0.297. The number of aromatic nitrogens is 3. The maximum absolute atomic E-state index is 6.06. The maximum Gasteiger partial charge on any atom is 0.223 e. The molecule has 13 heavy (non-hydrogen) atoms. The molecule has 0 amide bonds. The van der Waals surface area contributed by atoms with Crippen molar-refractivity contribution in [2.75, 3.05) is 5.73 Å². The highest BCUT2D eigenvalue weighted by atomic mass is 15.1. The number of nitrogens with two attached hydrogens (primary N) is 3. The van der Waals surface area contributed by atoms with Crippen molar-refractivity contribution in [2.45, 2.75) is 13.8 Å². The molecule has 0 saturated heterocycles. The van der Waals surface area contributed by atoms with Gasteiger partial charge in [0.25, 0.3) is 0 Å². The summed E-state index contributed by atoms with van der Waals surface area (Å²) in [5.74, 6) is 1.29. The first-order valence-electron chi connectivity index (χ1n) is 3.46. The van der Waals surface area contributed by atoms with Crippen molar-refractivity contribution in [2.24, 2.45) is 11.5 Å². The van der Waals surface area contributed by atoms with Gasteiger partial charge >= 0.3 is 0 Å². The minimum Gasteiger partial charge on any atom is -0.370 e. The first-order valence-corrected chi connectivity index (χ1v) is 3.46. The predicted molar refractivity (Wildman–Crippen MR) is 49.8 cm³/mol. The van der Waals surface area contributed by atoms with Crippen LogP contribution in [0.25, 0.3) is 0 Å². The Morgan fingerprint density at radius 1 is 1.08 bits per heavy atom. The smallest absolute Gasteiger partial charge is 0.223 e. The van der Waals surface area contributed by atoms with Crippen LogP contribution < -0.4 is 17.2 Å². The highest BCUT2D eigenvalue weighted by Gasteiger charge is 1.92. The summed E-state index contributed by atoms with van der Waals surface area (Å²) in [4.78, 5) is 11.5. The van der Waals surface area contributed by atoms with Crippen molar-refractivity contribution >= 4 is 11.9 Å². The maximum atomic E-state index is 6.06. The zero-order valence-corrected chi connectivity index (χ0v) is 7.57. The van der Waals surface area contributed by atoms with Crippen LogP contribution in [-0.2, 0) is 0 Å². The monoisotopic (exact) mass is 183 g/mol. The van der Waals surface area contributed by atoms with Crippen LogP contribution >= 0.6 is 0 Å². The van der Waals surface area contributed by atoms with E-state index < -0.39 is 0 Å². The molecule has 7 N–H and O–H groups in total. The van der Waals surface area contributed by atoms with Crippen molar-refractivity contribution < 1.29 is 0 Å². The Balaban J connectivity index is 0.000000310. The largest absolute Gasteiger partial charge is 0.370 e. The van der Waals surface area contributed by atoms with Crippen LogP contribution in [0.2, 0.25) is 0 Å². The summed E-state index contributed by atoms with van der Waals surface area (Å²) in [6.07, 6.45) is 0. The number of aryl methyl sites for hydroxylation is 2. The Bertz CT molecular complexity index is 241. The summed E-state index contributed by atoms with van der Waals surface area (Å²) >= 11 is 0. The molecule has 1 aromatic heterocycles. The van der Waals surface area contributed by atoms with Gasteiger partial charge in [0, 0.05) is 0 Å². The molecule has 1 aromatic rings. The second kappa shape index (κ2) is 4.86. The van der Waals surface area contributed by atoms with Crippen LogP contribution in [0.5, 0.6) is 0 Å². The zero-order valence-electron chi connectivity index (χ0n) is 7.57. The molecule has 0 aliphatic heterocycles. The van der Waals surface area contributed by atoms with Crippen LogP contribution in [0.4, 0.5) is 5.95 Å². The van der Waals surface area contributed by atoms with E-state index >= 15 is 0 Å². The van der Waals surface area contributed by atoms with Crippen LogP contribution in [0.15, 0.2) is 0 Å². The third-order valence-corrected chi connectivity index (χ3v) is 0.876. The van der Waals surface area contributed by atoms with E-state index in [0.717, 1.165) is 0 Å². The van der Waals surface area contributed by atoms with Crippen molar-refractivity contribution in [3.63, 3.8) is 0 Å². The summed E-state index contributed by atoms with van der Waals surface area (Å²) in [6.45, 7) is 3.57. The van der Waals surface area contributed by atoms with E-state index in [-0.39, 0.29) is 5.96 Å². The average Bonchev–Trinajstić information content (AvgIpc) is 1.80. The van der Waals surface area contributed by atoms with E-state index in [4.69, 9.17) is 11.1 Å². The lowest BCUT2D eigenvalue weighted by molar-refractivity contribution is 0.933. The standard InChI is InChI=1S/C5H8N4.CH5N3/c1-3-7-4(2)9-5(6)8-3;2-1(3)4/h1-2H3,(H2,6,7,8,9);(H5,2,3,4). The van der Waals surface area contributed by atoms with Crippen molar-refractivity contribution in [1.82, 2.24) is 15.0 Å². The van der Waals surface area contributed by atoms with Gasteiger partial charge in [-0.3, -0.25) is 5.41 Å². The Labute approximate surface area is 75.9 Å². The van der Waals surface area contributed by atoms with Crippen molar-refractivity contribution in [1.29, 1.82) is 5.41 Å². The molecule has 0 radical (unpaired) electrons. The Hall–Kier alpha value is -1.92. The van der Waals surface area contributed by atoms with Gasteiger partial charge in [0.15, 0.2) is 5.96 Å². The first kappa shape index (κ1) is 11.1. The molecule has 0 spiro atoms. The van der Waals surface area contributed by atoms with Gasteiger partial charge in [-0.15, -0.1) is 0 Å². The molecule has 0 aliphatic carbocycles. The van der Waals surface area contributed by atoms with Crippen LogP contribution in [0, 0.1) is 19.3 Å². The van der Waals surface area contributed by atoms with E-state index in [9.17, 15) is 0 Å². The van der Waals surface area contributed by atoms with E-state index in [1.807, 2.05) is 0 Å². The molecular formula is C6H13N7. The second-order valence-corrected chi connectivity index (χ2v) is 2.24. The molecule has 7 nitrogen and oxygen atoms in total. The number of nitrogen functional groups attached to an aromatic ring is 1. The molecule has 72 valence electrons. The van der Waals surface area contributed by atoms with Crippen LogP contribution in [0.3, 0.4) is 0 Å². The molecule has 1 rings (SSSR count). The van der Waals surface area contributed by atoms with Gasteiger partial charge in [0.05, 0.1) is 0 Å². The van der Waals surface area contributed by atoms with Gasteiger partial charge < -0.3 is 17.2 Å². The van der Waals surface area contributed by atoms with Gasteiger partial charge in [0.2, 0.25) is 5.95 Å². The Morgan fingerprint density at radius 3 is 1.62 bits per heavy atom. The number of nitrogens with one attached hydrogen (secondary N) is 1. The van der Waals surface area contributed by atoms with E-state index in [2.05, 4.69) is 26.4 Å². The van der Waals surface area contributed by atoms with Crippen molar-refractivity contribution in [3.05, 3.63) is 11.6 Å². The fourth-order valence-electron chi connectivity index (χ4n) is 0.641. The Kier molecular flexibility index (Phi) is 4.14. The van der Waals surface area contributed by atoms with Gasteiger partial charge in [0.1, 0.15) is 11.6 Å². The molecule has 0 unspecified atom stereocenters. The van der Waals surface area contributed by atoms with E-state index in [1.54, 1.807) is 13.8 Å². The summed E-state index contributed by atoms with van der Waals surface area (Å²) in [7, 11) is 0. The number of guanidine groups is 1. The lowest BCUT2D eigenvalue weighted by Crippen LogP contribution is -2.20. The predicted octanol–water partition coefficient (Wildman–Crippen LogP) is -1.09. The van der Waals surface area contributed by atoms with Gasteiger partial charge in [-0.2, -0.15) is 9.97 Å². The highest BCUT2D eigenvalue weighted by Crippen LogP contribution is 1.92. The third kappa shape index (κ3) is 6.48. The number of nitrogens with zero attached hydrogens (tertiary/aromatic N) is 3. The molecule has 0 fully saturated rings. The van der Waals surface area contributed by atoms with Gasteiger partial charge in [-0.05, 0) is 13.8 Å². The zero-order chi connectivity index (χ0) is 10.4. The van der Waals surface area contributed by atoms with Crippen LogP contribution in [-0.4, -0.2) is 20.9 Å². The van der Waals surface area contributed by atoms with E-state index in [0.29, 0.717) is 17.6 Å². The van der Waals surface area contributed by atoms with Gasteiger partial charge in [-0.1, -0.05) is 0 Å². The van der Waals surface area contributed by atoms with E-state index in [1.165, 1.54) is 0 Å².